The van der Waals surface area contributed by atoms with Gasteiger partial charge in [0.1, 0.15) is 5.75 Å². The SMILES string of the molecule is CCCCCCCCc1ccc(O)c(Oc2ccccc2)c1-c1ccccc1. The lowest BCUT2D eigenvalue weighted by Gasteiger charge is -2.17. The molecule has 0 saturated heterocycles. The van der Waals surface area contributed by atoms with Crippen molar-refractivity contribution in [2.24, 2.45) is 0 Å². The minimum Gasteiger partial charge on any atom is -0.504 e. The van der Waals surface area contributed by atoms with E-state index >= 15 is 0 Å². The molecule has 0 bridgehead atoms. The highest BCUT2D eigenvalue weighted by molar-refractivity contribution is 5.77. The number of aryl methyl sites for hydroxylation is 1. The summed E-state index contributed by atoms with van der Waals surface area (Å²) in [7, 11) is 0. The normalized spacial score (nSPS) is 10.8. The number of hydrogen-bond acceptors (Lipinski definition) is 2. The Morgan fingerprint density at radius 2 is 1.36 bits per heavy atom. The van der Waals surface area contributed by atoms with E-state index in [0.717, 1.165) is 29.7 Å². The molecule has 1 N–H and O–H groups in total. The van der Waals surface area contributed by atoms with E-state index in [1.807, 2.05) is 54.6 Å². The van der Waals surface area contributed by atoms with Gasteiger partial charge in [0.25, 0.3) is 0 Å². The van der Waals surface area contributed by atoms with E-state index in [4.69, 9.17) is 4.74 Å². The average Bonchev–Trinajstić information content (AvgIpc) is 2.74. The molecule has 0 fully saturated rings. The number of ether oxygens (including phenoxy) is 1. The molecule has 2 heteroatoms. The first-order chi connectivity index (χ1) is 13.8. The highest BCUT2D eigenvalue weighted by Gasteiger charge is 2.17. The van der Waals surface area contributed by atoms with Crippen LogP contribution in [0, 0.1) is 0 Å². The molecule has 3 aromatic carbocycles. The molecule has 0 aliphatic heterocycles. The molecule has 28 heavy (non-hydrogen) atoms. The predicted octanol–water partition coefficient (Wildman–Crippen LogP) is 7.75. The van der Waals surface area contributed by atoms with Crippen LogP contribution in [0.1, 0.15) is 51.0 Å². The smallest absolute Gasteiger partial charge is 0.177 e. The fraction of sp³-hybridized carbons (Fsp3) is 0.308. The monoisotopic (exact) mass is 374 g/mol. The van der Waals surface area contributed by atoms with Crippen molar-refractivity contribution in [3.05, 3.63) is 78.4 Å². The molecule has 0 spiro atoms. The lowest BCUT2D eigenvalue weighted by atomic mass is 9.94. The van der Waals surface area contributed by atoms with E-state index in [1.165, 1.54) is 37.7 Å². The highest BCUT2D eigenvalue weighted by atomic mass is 16.5. The molecule has 0 saturated carbocycles. The number of phenolic OH excluding ortho intramolecular Hbond substituents is 1. The molecule has 0 aliphatic rings. The van der Waals surface area contributed by atoms with Gasteiger partial charge in [-0.2, -0.15) is 0 Å². The maximum absolute atomic E-state index is 10.6. The third-order valence-electron chi connectivity index (χ3n) is 5.05. The zero-order chi connectivity index (χ0) is 19.6. The topological polar surface area (TPSA) is 29.5 Å². The fourth-order valence-electron chi connectivity index (χ4n) is 3.55. The maximum Gasteiger partial charge on any atom is 0.177 e. The van der Waals surface area contributed by atoms with E-state index in [0.29, 0.717) is 5.75 Å². The number of para-hydroxylation sites is 1. The molecule has 3 aromatic rings. The minimum absolute atomic E-state index is 0.175. The summed E-state index contributed by atoms with van der Waals surface area (Å²) in [4.78, 5) is 0. The number of benzene rings is 3. The maximum atomic E-state index is 10.6. The molecular formula is C26H30O2. The van der Waals surface area contributed by atoms with Gasteiger partial charge in [0, 0.05) is 5.56 Å². The quantitative estimate of drug-likeness (QED) is 0.367. The molecule has 3 rings (SSSR count). The van der Waals surface area contributed by atoms with E-state index < -0.39 is 0 Å². The summed E-state index contributed by atoms with van der Waals surface area (Å²) in [6.45, 7) is 2.25. The number of hydrogen-bond donors (Lipinski definition) is 1. The first kappa shape index (κ1) is 20.0. The Bertz CT molecular complexity index is 841. The van der Waals surface area contributed by atoms with Gasteiger partial charge in [0.15, 0.2) is 11.5 Å². The van der Waals surface area contributed by atoms with E-state index in [-0.39, 0.29) is 5.75 Å². The molecule has 0 unspecified atom stereocenters. The van der Waals surface area contributed by atoms with Crippen LogP contribution in [0.3, 0.4) is 0 Å². The summed E-state index contributed by atoms with van der Waals surface area (Å²) < 4.78 is 6.14. The summed E-state index contributed by atoms with van der Waals surface area (Å²) in [6.07, 6.45) is 8.59. The van der Waals surface area contributed by atoms with Crippen LogP contribution in [0.2, 0.25) is 0 Å². The predicted molar refractivity (Wildman–Crippen MR) is 117 cm³/mol. The van der Waals surface area contributed by atoms with Gasteiger partial charge in [0.2, 0.25) is 0 Å². The second kappa shape index (κ2) is 10.6. The Kier molecular flexibility index (Phi) is 7.54. The zero-order valence-electron chi connectivity index (χ0n) is 16.7. The van der Waals surface area contributed by atoms with Gasteiger partial charge < -0.3 is 9.84 Å². The number of unbranched alkanes of at least 4 members (excludes halogenated alkanes) is 5. The van der Waals surface area contributed by atoms with Gasteiger partial charge in [-0.05, 0) is 42.2 Å². The summed E-state index contributed by atoms with van der Waals surface area (Å²) in [5.41, 5.74) is 3.30. The van der Waals surface area contributed by atoms with Crippen molar-refractivity contribution in [1.82, 2.24) is 0 Å². The molecule has 0 aliphatic carbocycles. The van der Waals surface area contributed by atoms with Crippen LogP contribution >= 0.6 is 0 Å². The van der Waals surface area contributed by atoms with Crippen molar-refractivity contribution in [3.8, 4) is 28.4 Å². The third-order valence-corrected chi connectivity index (χ3v) is 5.05. The van der Waals surface area contributed by atoms with Crippen molar-refractivity contribution < 1.29 is 9.84 Å². The Labute approximate surface area is 168 Å². The summed E-state index contributed by atoms with van der Waals surface area (Å²) in [6, 6.07) is 23.7. The third kappa shape index (κ3) is 5.39. The lowest BCUT2D eigenvalue weighted by Crippen LogP contribution is -1.96. The molecule has 0 aromatic heterocycles. The van der Waals surface area contributed by atoms with Crippen LogP contribution in [0.4, 0.5) is 0 Å². The molecule has 0 amide bonds. The molecule has 0 radical (unpaired) electrons. The second-order valence-electron chi connectivity index (χ2n) is 7.25. The average molecular weight is 375 g/mol. The highest BCUT2D eigenvalue weighted by Crippen LogP contribution is 2.43. The zero-order valence-corrected chi connectivity index (χ0v) is 16.7. The first-order valence-electron chi connectivity index (χ1n) is 10.4. The van der Waals surface area contributed by atoms with E-state index in [9.17, 15) is 5.11 Å². The molecule has 146 valence electrons. The van der Waals surface area contributed by atoms with Crippen molar-refractivity contribution >= 4 is 0 Å². The lowest BCUT2D eigenvalue weighted by molar-refractivity contribution is 0.412. The van der Waals surface area contributed by atoms with Crippen LogP contribution in [0.25, 0.3) is 11.1 Å². The molecule has 2 nitrogen and oxygen atoms in total. The van der Waals surface area contributed by atoms with Crippen LogP contribution < -0.4 is 4.74 Å². The fourth-order valence-corrected chi connectivity index (χ4v) is 3.55. The first-order valence-corrected chi connectivity index (χ1v) is 10.4. The standard InChI is InChI=1S/C26H30O2/c1-2-3-4-5-6-9-16-22-19-20-24(27)26(28-23-17-12-8-13-18-23)25(22)21-14-10-7-11-15-21/h7-8,10-15,17-20,27H,2-6,9,16H2,1H3. The molecule has 0 atom stereocenters. The van der Waals surface area contributed by atoms with E-state index in [1.54, 1.807) is 6.07 Å². The van der Waals surface area contributed by atoms with Gasteiger partial charge in [-0.3, -0.25) is 0 Å². The Hall–Kier alpha value is -2.74. The molecule has 0 heterocycles. The summed E-state index contributed by atoms with van der Waals surface area (Å²) >= 11 is 0. The van der Waals surface area contributed by atoms with Crippen LogP contribution in [-0.2, 0) is 6.42 Å². The Balaban J connectivity index is 1.87. The number of phenols is 1. The van der Waals surface area contributed by atoms with Crippen molar-refractivity contribution in [3.63, 3.8) is 0 Å². The Morgan fingerprint density at radius 3 is 2.07 bits per heavy atom. The van der Waals surface area contributed by atoms with Crippen LogP contribution in [-0.4, -0.2) is 5.11 Å². The largest absolute Gasteiger partial charge is 0.504 e. The van der Waals surface area contributed by atoms with Gasteiger partial charge in [-0.15, -0.1) is 0 Å². The van der Waals surface area contributed by atoms with Crippen LogP contribution in [0.5, 0.6) is 17.2 Å². The summed E-state index contributed by atoms with van der Waals surface area (Å²) in [5, 5.41) is 10.6. The second-order valence-corrected chi connectivity index (χ2v) is 7.25. The Morgan fingerprint density at radius 1 is 0.714 bits per heavy atom. The van der Waals surface area contributed by atoms with Crippen molar-refractivity contribution in [1.29, 1.82) is 0 Å². The summed E-state index contributed by atoms with van der Waals surface area (Å²) in [5.74, 6) is 1.45. The van der Waals surface area contributed by atoms with Gasteiger partial charge in [-0.1, -0.05) is 93.6 Å². The number of aromatic hydroxyl groups is 1. The number of rotatable bonds is 10. The van der Waals surface area contributed by atoms with Gasteiger partial charge >= 0.3 is 0 Å². The van der Waals surface area contributed by atoms with Gasteiger partial charge in [0.05, 0.1) is 0 Å². The molecular weight excluding hydrogens is 344 g/mol. The van der Waals surface area contributed by atoms with Gasteiger partial charge in [-0.25, -0.2) is 0 Å². The van der Waals surface area contributed by atoms with Crippen molar-refractivity contribution in [2.75, 3.05) is 0 Å². The van der Waals surface area contributed by atoms with Crippen LogP contribution in [0.15, 0.2) is 72.8 Å². The van der Waals surface area contributed by atoms with E-state index in [2.05, 4.69) is 19.1 Å². The minimum atomic E-state index is 0.175. The van der Waals surface area contributed by atoms with Crippen molar-refractivity contribution in [2.45, 2.75) is 51.9 Å².